The molecule has 35 heteroatoms. The molecule has 12 amide bonds. The van der Waals surface area contributed by atoms with Crippen molar-refractivity contribution in [1.29, 1.82) is 0 Å². The molecule has 0 saturated carbocycles. The van der Waals surface area contributed by atoms with Gasteiger partial charge < -0.3 is 94.9 Å². The van der Waals surface area contributed by atoms with Crippen LogP contribution in [0.5, 0.6) is 0 Å². The van der Waals surface area contributed by atoms with Crippen molar-refractivity contribution >= 4 is 128 Å². The van der Waals surface area contributed by atoms with Crippen LogP contribution in [0.1, 0.15) is 74.1 Å². The Labute approximate surface area is 676 Å². The van der Waals surface area contributed by atoms with E-state index >= 15 is 0 Å². The maximum absolute atomic E-state index is 13.6. The number of aliphatic hydroxyl groups excluding tert-OH is 2. The zero-order chi connectivity index (χ0) is 85.8. The lowest BCUT2D eigenvalue weighted by molar-refractivity contribution is -0.167. The highest BCUT2D eigenvalue weighted by Gasteiger charge is 2.45. The molecule has 6 aromatic rings. The second-order valence-corrected chi connectivity index (χ2v) is 27.9. The van der Waals surface area contributed by atoms with Gasteiger partial charge in [-0.1, -0.05) is 44.2 Å². The van der Waals surface area contributed by atoms with Crippen LogP contribution < -0.4 is 36.4 Å². The van der Waals surface area contributed by atoms with Crippen molar-refractivity contribution in [2.75, 3.05) is 153 Å². The number of amidine groups is 1. The van der Waals surface area contributed by atoms with Crippen molar-refractivity contribution in [2.45, 2.75) is 76.8 Å². The first-order chi connectivity index (χ1) is 55.6. The van der Waals surface area contributed by atoms with Crippen molar-refractivity contribution in [1.82, 2.24) is 29.4 Å². The molecule has 0 aliphatic carbocycles. The number of benzene rings is 6. The van der Waals surface area contributed by atoms with Crippen LogP contribution >= 0.6 is 0 Å². The zero-order valence-corrected chi connectivity index (χ0v) is 66.9. The molecule has 0 aromatic heterocycles. The SMILES string of the molecule is CN(C)C(=O)CN(C)C(=O)c1cccc(N2CCO[C@H]([C@@H](O)C(=O)Nc3ccc4c(c3)CN=C4N)C2=O)c1.[C-]#[N+]c1ccc(NC(=O)[C@H](O)[C@H]2OCCN(c3cccc(C(=O)N(C)CC(=O)N(C)C)c3)C2=O)cc1CC.[C-]#[N+]c1ccc(NC(=O)[C@H](OC(C)=O)[C@H]2OCCN(c3cccc(C(=O)N(C)CC(=O)N(C)C)c3)C2=O)cc1CC. The molecular formula is C82H94N16O19. The number of aliphatic imine (C=N–C) groups is 1. The van der Waals surface area contributed by atoms with Crippen molar-refractivity contribution in [2.24, 2.45) is 10.7 Å². The summed E-state index contributed by atoms with van der Waals surface area (Å²) in [6.07, 6.45) is -8.32. The van der Waals surface area contributed by atoms with Crippen LogP contribution in [0.25, 0.3) is 9.69 Å². The predicted molar refractivity (Wildman–Crippen MR) is 431 cm³/mol. The molecule has 3 fully saturated rings. The number of aryl methyl sites for hydroxylation is 2. The number of carbonyl (C=O) groups excluding carboxylic acids is 13. The number of nitrogens with one attached hydrogen (secondary N) is 3. The summed E-state index contributed by atoms with van der Waals surface area (Å²) < 4.78 is 21.8. The molecule has 117 heavy (non-hydrogen) atoms. The molecule has 4 heterocycles. The van der Waals surface area contributed by atoms with E-state index < -0.39 is 89.9 Å². The van der Waals surface area contributed by atoms with E-state index in [1.807, 2.05) is 13.8 Å². The van der Waals surface area contributed by atoms with Crippen LogP contribution in [0.2, 0.25) is 0 Å². The average molecular weight is 1610 g/mol. The molecule has 4 aliphatic heterocycles. The summed E-state index contributed by atoms with van der Waals surface area (Å²) in [4.78, 5) is 189. The summed E-state index contributed by atoms with van der Waals surface area (Å²) in [6, 6.07) is 33.7. The number of carbonyl (C=O) groups is 13. The first-order valence-electron chi connectivity index (χ1n) is 37.0. The Kier molecular flexibility index (Phi) is 31.0. The van der Waals surface area contributed by atoms with E-state index in [1.54, 1.807) is 151 Å². The van der Waals surface area contributed by atoms with Gasteiger partial charge in [-0.2, -0.15) is 0 Å². The van der Waals surface area contributed by atoms with Gasteiger partial charge in [0.2, 0.25) is 23.8 Å². The van der Waals surface area contributed by atoms with Crippen LogP contribution in [0.4, 0.5) is 45.5 Å². The van der Waals surface area contributed by atoms with Gasteiger partial charge in [0.25, 0.3) is 53.2 Å². The Bertz CT molecular complexity index is 4920. The number of anilines is 6. The van der Waals surface area contributed by atoms with E-state index in [-0.39, 0.29) is 99.4 Å². The smallest absolute Gasteiger partial charge is 0.303 e. The maximum Gasteiger partial charge on any atom is 0.303 e. The minimum atomic E-state index is -1.79. The highest BCUT2D eigenvalue weighted by Crippen LogP contribution is 2.31. The molecule has 6 aromatic carbocycles. The fourth-order valence-electron chi connectivity index (χ4n) is 12.4. The second kappa shape index (κ2) is 40.6. The van der Waals surface area contributed by atoms with Crippen molar-refractivity contribution in [3.8, 4) is 0 Å². The number of hydrogen-bond donors (Lipinski definition) is 6. The number of nitrogens with zero attached hydrogens (tertiary/aromatic N) is 12. The fraction of sp³-hybridized carbons (Fsp3) is 0.366. The van der Waals surface area contributed by atoms with Gasteiger partial charge in [-0.15, -0.1) is 0 Å². The number of nitrogens with two attached hydrogens (primary N) is 1. The maximum atomic E-state index is 13.6. The van der Waals surface area contributed by atoms with E-state index in [1.165, 1.54) is 83.4 Å². The summed E-state index contributed by atoms with van der Waals surface area (Å²) in [5, 5.41) is 29.2. The number of morpholine rings is 3. The number of hydrogen-bond acceptors (Lipinski definition) is 21. The van der Waals surface area contributed by atoms with Gasteiger partial charge in [-0.05, 0) is 127 Å². The number of esters is 1. The standard InChI is InChI=1S/C29H33N5O7.C27H31N5O6.C26H30N6O6/c1-7-19-15-21(11-12-23(19)30-3)31-27(37)25(41-18(2)35)26-29(39)34(13-14-40-26)22-10-8-9-20(16-22)28(38)33(6)17-24(36)32(4)5;1-6-17-14-19(10-11-21(17)28-2)29-25(35)23(34)24-27(37)32(12-13-38-24)20-9-7-8-18(15-20)26(36)31(5)16-22(33)30(3)4;1-30(2)20(33)14-31(3)25(36)15-5-4-6-18(12-15)32-9-10-38-22(26(32)37)21(34)24(35)29-17-7-8-19-16(11-17)13-28-23(19)27/h8-12,15-16,25-26H,7,13-14,17H2,1-2,4-6H3,(H,31,37);7-11,14-15,23-24,34H,6,12-13,16H2,1,3-5H3,(H,29,35);4-8,11-12,21-22,34H,9-10,13-14H2,1-3H3,(H2,27,28)(H,29,35)/t25-,26-;23-,24-;21-,22-/m111/s1. The van der Waals surface area contributed by atoms with Gasteiger partial charge in [-0.25, -0.2) is 9.69 Å². The normalized spacial score (nSPS) is 16.2. The van der Waals surface area contributed by atoms with Gasteiger partial charge in [0.15, 0.2) is 41.9 Å². The molecule has 0 spiro atoms. The summed E-state index contributed by atoms with van der Waals surface area (Å²) >= 11 is 0. The highest BCUT2D eigenvalue weighted by molar-refractivity contribution is 6.09. The van der Waals surface area contributed by atoms with Gasteiger partial charge in [0.05, 0.1) is 59.1 Å². The van der Waals surface area contributed by atoms with Crippen molar-refractivity contribution in [3.05, 3.63) is 189 Å². The highest BCUT2D eigenvalue weighted by atomic mass is 16.6. The summed E-state index contributed by atoms with van der Waals surface area (Å²) in [6.45, 7) is 20.1. The number of amides is 12. The Morgan fingerprint density at radius 2 is 0.846 bits per heavy atom. The molecule has 3 saturated heterocycles. The van der Waals surface area contributed by atoms with Crippen LogP contribution in [0.3, 0.4) is 0 Å². The first kappa shape index (κ1) is 89.2. The van der Waals surface area contributed by atoms with Gasteiger partial charge in [0, 0.05) is 146 Å². The average Bonchev–Trinajstić information content (AvgIpc) is 1.33. The molecule has 4 aliphatic rings. The monoisotopic (exact) mass is 1610 g/mol. The van der Waals surface area contributed by atoms with E-state index in [0.717, 1.165) is 29.2 Å². The van der Waals surface area contributed by atoms with Gasteiger partial charge in [-0.3, -0.25) is 67.3 Å². The molecule has 35 nitrogen and oxygen atoms in total. The largest absolute Gasteiger partial charge is 0.449 e. The third kappa shape index (κ3) is 22.6. The molecule has 7 N–H and O–H groups in total. The Balaban J connectivity index is 0.000000219. The zero-order valence-electron chi connectivity index (χ0n) is 66.9. The topological polar surface area (TPSA) is 412 Å². The molecule has 10 rings (SSSR count). The Morgan fingerprint density at radius 1 is 0.504 bits per heavy atom. The quantitative estimate of drug-likeness (QED) is 0.0371. The lowest BCUT2D eigenvalue weighted by Gasteiger charge is -2.35. The Morgan fingerprint density at radius 3 is 1.20 bits per heavy atom. The van der Waals surface area contributed by atoms with E-state index in [0.29, 0.717) is 70.7 Å². The molecule has 0 bridgehead atoms. The van der Waals surface area contributed by atoms with Crippen molar-refractivity contribution < 1.29 is 91.5 Å². The Hall–Kier alpha value is -13.3. The number of likely N-dealkylation sites (N-methyl/N-ethyl adjacent to an activating group) is 6. The van der Waals surface area contributed by atoms with E-state index in [9.17, 15) is 72.5 Å². The second-order valence-electron chi connectivity index (χ2n) is 27.9. The third-order valence-corrected chi connectivity index (χ3v) is 18.9. The molecule has 0 unspecified atom stereocenters. The number of ether oxygens (including phenoxy) is 4. The third-order valence-electron chi connectivity index (χ3n) is 18.9. The minimum absolute atomic E-state index is 0.0382. The molecule has 616 valence electrons. The van der Waals surface area contributed by atoms with Gasteiger partial charge in [0.1, 0.15) is 5.84 Å². The lowest BCUT2D eigenvalue weighted by Crippen LogP contribution is -2.56. The molecule has 0 radical (unpaired) electrons. The van der Waals surface area contributed by atoms with E-state index in [2.05, 4.69) is 30.6 Å². The summed E-state index contributed by atoms with van der Waals surface area (Å²) in [5.74, 6) is -6.51. The fourth-order valence-corrected chi connectivity index (χ4v) is 12.4. The van der Waals surface area contributed by atoms with Crippen molar-refractivity contribution in [3.63, 3.8) is 0 Å². The summed E-state index contributed by atoms with van der Waals surface area (Å²) in [5.41, 5.74) is 13.1. The number of rotatable bonds is 24. The summed E-state index contributed by atoms with van der Waals surface area (Å²) in [7, 11) is 14.1. The minimum Gasteiger partial charge on any atom is -0.449 e. The van der Waals surface area contributed by atoms with Crippen LogP contribution in [0.15, 0.2) is 132 Å². The van der Waals surface area contributed by atoms with Crippen LogP contribution in [0, 0.1) is 13.1 Å². The predicted octanol–water partition coefficient (Wildman–Crippen LogP) is 3.75. The van der Waals surface area contributed by atoms with Crippen LogP contribution in [-0.2, 0) is 86.3 Å². The van der Waals surface area contributed by atoms with Gasteiger partial charge >= 0.3 is 5.97 Å². The first-order valence-corrected chi connectivity index (χ1v) is 37.0. The van der Waals surface area contributed by atoms with Crippen LogP contribution in [-0.4, -0.2) is 281 Å². The lowest BCUT2D eigenvalue weighted by atomic mass is 10.1. The van der Waals surface area contributed by atoms with E-state index in [4.69, 9.17) is 37.8 Å². The number of aliphatic hydroxyl groups is 2. The number of fused-ring (bicyclic) bond motifs is 1. The molecule has 6 atom stereocenters. The molecular weight excluding hydrogens is 1510 g/mol.